The summed E-state index contributed by atoms with van der Waals surface area (Å²) >= 11 is 0. The highest BCUT2D eigenvalue weighted by atomic mass is 16.5. The quantitative estimate of drug-likeness (QED) is 0.672. The second-order valence-corrected chi connectivity index (χ2v) is 8.23. The number of allylic oxidation sites excluding steroid dienone is 1. The van der Waals surface area contributed by atoms with Crippen LogP contribution in [0, 0.1) is 22.7 Å². The number of aliphatic hydroxyl groups is 1. The van der Waals surface area contributed by atoms with Crippen LogP contribution in [0.2, 0.25) is 0 Å². The van der Waals surface area contributed by atoms with Gasteiger partial charge in [-0.3, -0.25) is 4.79 Å². The Bertz CT molecular complexity index is 649. The van der Waals surface area contributed by atoms with Gasteiger partial charge in [-0.2, -0.15) is 0 Å². The summed E-state index contributed by atoms with van der Waals surface area (Å²) in [5.41, 5.74) is 1.44. The van der Waals surface area contributed by atoms with E-state index in [0.717, 1.165) is 43.2 Å². The van der Waals surface area contributed by atoms with Crippen molar-refractivity contribution in [2.24, 2.45) is 22.7 Å². The summed E-state index contributed by atoms with van der Waals surface area (Å²) < 4.78 is 10.8. The number of hydrogen-bond acceptors (Lipinski definition) is 4. The SMILES string of the molecule is C=C1CC[C@@H]2[C@@]3(C)CCC[C@@]2(C(=O)OC3)[C@@H]1C[C@H](O)c1ccoc1. The smallest absolute Gasteiger partial charge is 0.313 e. The van der Waals surface area contributed by atoms with Gasteiger partial charge in [0.25, 0.3) is 0 Å². The van der Waals surface area contributed by atoms with E-state index in [-0.39, 0.29) is 17.3 Å². The average molecular weight is 330 g/mol. The molecule has 2 aliphatic carbocycles. The summed E-state index contributed by atoms with van der Waals surface area (Å²) in [5.74, 6) is 0.260. The van der Waals surface area contributed by atoms with Gasteiger partial charge in [-0.25, -0.2) is 0 Å². The molecule has 1 aliphatic heterocycles. The predicted octanol–water partition coefficient (Wildman–Crippen LogP) is 4.02. The van der Waals surface area contributed by atoms with Crippen LogP contribution < -0.4 is 0 Å². The van der Waals surface area contributed by atoms with Crippen molar-refractivity contribution in [1.29, 1.82) is 0 Å². The number of carbonyl (C=O) groups excluding carboxylic acids is 1. The first kappa shape index (κ1) is 15.9. The van der Waals surface area contributed by atoms with Crippen LogP contribution >= 0.6 is 0 Å². The van der Waals surface area contributed by atoms with E-state index in [9.17, 15) is 9.90 Å². The highest BCUT2D eigenvalue weighted by Gasteiger charge is 2.64. The highest BCUT2D eigenvalue weighted by molar-refractivity contribution is 5.80. The zero-order valence-corrected chi connectivity index (χ0v) is 14.3. The number of ether oxygens (including phenoxy) is 1. The molecule has 3 aliphatic rings. The lowest BCUT2D eigenvalue weighted by molar-refractivity contribution is -0.209. The summed E-state index contributed by atoms with van der Waals surface area (Å²) in [4.78, 5) is 13.0. The van der Waals surface area contributed by atoms with Gasteiger partial charge >= 0.3 is 5.97 Å². The van der Waals surface area contributed by atoms with Crippen molar-refractivity contribution < 1.29 is 19.1 Å². The van der Waals surface area contributed by atoms with Gasteiger partial charge < -0.3 is 14.3 Å². The van der Waals surface area contributed by atoms with Crippen LogP contribution in [0.3, 0.4) is 0 Å². The van der Waals surface area contributed by atoms with Crippen LogP contribution in [-0.2, 0) is 9.53 Å². The summed E-state index contributed by atoms with van der Waals surface area (Å²) in [6.45, 7) is 7.09. The maximum absolute atomic E-state index is 13.0. The fourth-order valence-corrected chi connectivity index (χ4v) is 5.77. The first-order valence-electron chi connectivity index (χ1n) is 9.02. The molecule has 0 unspecified atom stereocenters. The fourth-order valence-electron chi connectivity index (χ4n) is 5.77. The molecule has 5 atom stereocenters. The summed E-state index contributed by atoms with van der Waals surface area (Å²) in [7, 11) is 0. The minimum absolute atomic E-state index is 0.0198. The average Bonchev–Trinajstić information content (AvgIpc) is 3.09. The van der Waals surface area contributed by atoms with Gasteiger partial charge in [0.1, 0.15) is 0 Å². The molecule has 0 amide bonds. The Morgan fingerprint density at radius 3 is 3.04 bits per heavy atom. The lowest BCUT2D eigenvalue weighted by Gasteiger charge is -2.61. The lowest BCUT2D eigenvalue weighted by Crippen LogP contribution is -2.61. The van der Waals surface area contributed by atoms with Crippen LogP contribution in [-0.4, -0.2) is 17.7 Å². The van der Waals surface area contributed by atoms with Crippen LogP contribution in [0.25, 0.3) is 0 Å². The number of furan rings is 1. The Hall–Kier alpha value is -1.55. The maximum Gasteiger partial charge on any atom is 0.313 e. The first-order valence-corrected chi connectivity index (χ1v) is 9.02. The molecular formula is C20H26O4. The van der Waals surface area contributed by atoms with Gasteiger partial charge in [0, 0.05) is 11.0 Å². The number of hydrogen-bond donors (Lipinski definition) is 1. The predicted molar refractivity (Wildman–Crippen MR) is 89.0 cm³/mol. The molecular weight excluding hydrogens is 304 g/mol. The molecule has 1 aromatic heterocycles. The third-order valence-electron chi connectivity index (χ3n) is 6.97. The Kier molecular flexibility index (Phi) is 3.64. The van der Waals surface area contributed by atoms with E-state index in [1.54, 1.807) is 18.6 Å². The number of rotatable bonds is 3. The highest BCUT2D eigenvalue weighted by Crippen LogP contribution is 2.65. The van der Waals surface area contributed by atoms with Gasteiger partial charge in [-0.05, 0) is 50.0 Å². The van der Waals surface area contributed by atoms with E-state index in [2.05, 4.69) is 13.5 Å². The Morgan fingerprint density at radius 2 is 2.29 bits per heavy atom. The molecule has 0 spiro atoms. The molecule has 1 N–H and O–H groups in total. The van der Waals surface area contributed by atoms with Crippen LogP contribution in [0.15, 0.2) is 35.2 Å². The van der Waals surface area contributed by atoms with Gasteiger partial charge in [0.15, 0.2) is 0 Å². The Labute approximate surface area is 142 Å². The van der Waals surface area contributed by atoms with E-state index in [1.165, 1.54) is 0 Å². The van der Waals surface area contributed by atoms with Crippen molar-refractivity contribution in [2.75, 3.05) is 6.61 Å². The van der Waals surface area contributed by atoms with Crippen molar-refractivity contribution in [1.82, 2.24) is 0 Å². The monoisotopic (exact) mass is 330 g/mol. The van der Waals surface area contributed by atoms with Crippen LogP contribution in [0.4, 0.5) is 0 Å². The largest absolute Gasteiger partial charge is 0.472 e. The molecule has 2 bridgehead atoms. The molecule has 24 heavy (non-hydrogen) atoms. The number of aliphatic hydroxyl groups excluding tert-OH is 1. The minimum Gasteiger partial charge on any atom is -0.472 e. The third kappa shape index (κ3) is 2.12. The van der Waals surface area contributed by atoms with E-state index in [0.29, 0.717) is 18.9 Å². The molecule has 1 saturated heterocycles. The van der Waals surface area contributed by atoms with E-state index in [1.807, 2.05) is 0 Å². The number of cyclic esters (lactones) is 1. The topological polar surface area (TPSA) is 59.7 Å². The van der Waals surface area contributed by atoms with Crippen LogP contribution in [0.1, 0.15) is 57.1 Å². The second kappa shape index (κ2) is 5.48. The summed E-state index contributed by atoms with van der Waals surface area (Å²) in [6, 6.07) is 1.79. The molecule has 4 rings (SSSR count). The molecule has 0 aromatic carbocycles. The third-order valence-corrected chi connectivity index (χ3v) is 6.97. The van der Waals surface area contributed by atoms with Crippen molar-refractivity contribution in [3.63, 3.8) is 0 Å². The van der Waals surface area contributed by atoms with Gasteiger partial charge in [0.05, 0.1) is 30.7 Å². The number of esters is 1. The van der Waals surface area contributed by atoms with Crippen molar-refractivity contribution in [2.45, 2.75) is 51.6 Å². The molecule has 3 fully saturated rings. The molecule has 4 heteroatoms. The van der Waals surface area contributed by atoms with Crippen molar-refractivity contribution in [3.8, 4) is 0 Å². The van der Waals surface area contributed by atoms with Crippen LogP contribution in [0.5, 0.6) is 0 Å². The maximum atomic E-state index is 13.0. The second-order valence-electron chi connectivity index (χ2n) is 8.23. The summed E-state index contributed by atoms with van der Waals surface area (Å²) in [5, 5.41) is 10.7. The minimum atomic E-state index is -0.637. The van der Waals surface area contributed by atoms with Gasteiger partial charge in [-0.1, -0.05) is 25.5 Å². The van der Waals surface area contributed by atoms with Crippen molar-refractivity contribution >= 4 is 5.97 Å². The lowest BCUT2D eigenvalue weighted by atomic mass is 9.45. The standard InChI is InChI=1S/C20H26O4/c1-13-4-5-17-19(2)7-3-8-20(17,18(22)24-12-19)15(13)10-16(21)14-6-9-23-11-14/h6,9,11,15-17,21H,1,3-5,7-8,10,12H2,2H3/t15-,16+,17-,19+,20-/m1/s1. The van der Waals surface area contributed by atoms with E-state index in [4.69, 9.17) is 9.15 Å². The molecule has 0 radical (unpaired) electrons. The molecule has 2 heterocycles. The normalized spacial score (nSPS) is 39.9. The Morgan fingerprint density at radius 1 is 1.46 bits per heavy atom. The van der Waals surface area contributed by atoms with Gasteiger partial charge in [0.2, 0.25) is 0 Å². The summed E-state index contributed by atoms with van der Waals surface area (Å²) in [6.07, 6.45) is 8.01. The van der Waals surface area contributed by atoms with E-state index < -0.39 is 11.5 Å². The number of carbonyl (C=O) groups is 1. The zero-order chi connectivity index (χ0) is 16.9. The first-order chi connectivity index (χ1) is 11.5. The van der Waals surface area contributed by atoms with E-state index >= 15 is 0 Å². The van der Waals surface area contributed by atoms with Gasteiger partial charge in [-0.15, -0.1) is 0 Å². The zero-order valence-electron chi connectivity index (χ0n) is 14.3. The molecule has 2 saturated carbocycles. The molecule has 1 aromatic rings. The van der Waals surface area contributed by atoms with Crippen molar-refractivity contribution in [3.05, 3.63) is 36.3 Å². The fraction of sp³-hybridized carbons (Fsp3) is 0.650. The molecule has 130 valence electrons. The Balaban J connectivity index is 1.71. The molecule has 4 nitrogen and oxygen atoms in total.